The number of hydrogen-bond donors (Lipinski definition) is 1. The maximum absolute atomic E-state index is 4.08. The Hall–Kier alpha value is -6.58. The molecule has 0 unspecified atom stereocenters. The van der Waals surface area contributed by atoms with Crippen molar-refractivity contribution < 1.29 is 0 Å². The molecule has 0 atom stereocenters. The van der Waals surface area contributed by atoms with E-state index in [9.17, 15) is 0 Å². The fraction of sp³-hybridized carbons (Fsp3) is 0.0800. The number of anilines is 2. The Morgan fingerprint density at radius 1 is 0.604 bits per heavy atom. The van der Waals surface area contributed by atoms with Crippen LogP contribution in [0.3, 0.4) is 0 Å². The minimum atomic E-state index is 1.05. The molecule has 9 rings (SSSR count). The van der Waals surface area contributed by atoms with Gasteiger partial charge < -0.3 is 14.5 Å². The van der Waals surface area contributed by atoms with E-state index >= 15 is 0 Å². The van der Waals surface area contributed by atoms with Crippen LogP contribution in [0, 0.1) is 0 Å². The number of hydrogen-bond acceptors (Lipinski definition) is 1. The number of allylic oxidation sites excluding steroid dienone is 8. The van der Waals surface area contributed by atoms with Gasteiger partial charge in [-0.1, -0.05) is 110 Å². The lowest BCUT2D eigenvalue weighted by molar-refractivity contribution is 1.02. The molecule has 3 nitrogen and oxygen atoms in total. The van der Waals surface area contributed by atoms with Crippen molar-refractivity contribution in [2.24, 2.45) is 0 Å². The molecular formula is C50H43N3. The van der Waals surface area contributed by atoms with Crippen LogP contribution >= 0.6 is 0 Å². The van der Waals surface area contributed by atoms with Crippen LogP contribution in [0.2, 0.25) is 0 Å². The molecule has 0 fully saturated rings. The van der Waals surface area contributed by atoms with Crippen LogP contribution in [0.5, 0.6) is 0 Å². The summed E-state index contributed by atoms with van der Waals surface area (Å²) < 4.78 is 4.71. The zero-order valence-electron chi connectivity index (χ0n) is 30.4. The summed E-state index contributed by atoms with van der Waals surface area (Å²) in [6.07, 6.45) is 14.9. The van der Waals surface area contributed by atoms with E-state index in [0.29, 0.717) is 0 Å². The molecule has 258 valence electrons. The third-order valence-corrected chi connectivity index (χ3v) is 10.1. The van der Waals surface area contributed by atoms with E-state index < -0.39 is 0 Å². The van der Waals surface area contributed by atoms with Crippen molar-refractivity contribution in [3.63, 3.8) is 0 Å². The van der Waals surface area contributed by atoms with Crippen molar-refractivity contribution in [1.82, 2.24) is 9.13 Å². The Morgan fingerprint density at radius 3 is 1.92 bits per heavy atom. The highest BCUT2D eigenvalue weighted by atomic mass is 15.0. The number of para-hydroxylation sites is 3. The average Bonchev–Trinajstić information content (AvgIpc) is 3.72. The first-order valence-corrected chi connectivity index (χ1v) is 18.4. The second-order valence-electron chi connectivity index (χ2n) is 13.4. The largest absolute Gasteiger partial charge is 0.355 e. The van der Waals surface area contributed by atoms with Crippen LogP contribution in [0.4, 0.5) is 11.4 Å². The van der Waals surface area contributed by atoms with Crippen LogP contribution in [0.1, 0.15) is 26.7 Å². The van der Waals surface area contributed by atoms with E-state index in [0.717, 1.165) is 35.5 Å². The Bertz CT molecular complexity index is 2740. The van der Waals surface area contributed by atoms with Gasteiger partial charge >= 0.3 is 0 Å². The van der Waals surface area contributed by atoms with Crippen LogP contribution in [0.25, 0.3) is 77.3 Å². The average molecular weight is 686 g/mol. The van der Waals surface area contributed by atoms with Gasteiger partial charge in [0.2, 0.25) is 0 Å². The molecule has 2 heterocycles. The van der Waals surface area contributed by atoms with Crippen LogP contribution in [-0.2, 0) is 0 Å². The summed E-state index contributed by atoms with van der Waals surface area (Å²) >= 11 is 0. The quantitative estimate of drug-likeness (QED) is 0.131. The number of fused-ring (bicyclic) bond motifs is 6. The topological polar surface area (TPSA) is 21.9 Å². The fourth-order valence-corrected chi connectivity index (χ4v) is 7.70. The van der Waals surface area contributed by atoms with Crippen molar-refractivity contribution in [3.05, 3.63) is 183 Å². The summed E-state index contributed by atoms with van der Waals surface area (Å²) in [5.41, 5.74) is 14.1. The van der Waals surface area contributed by atoms with Gasteiger partial charge in [0.15, 0.2) is 0 Å². The van der Waals surface area contributed by atoms with E-state index in [4.69, 9.17) is 0 Å². The predicted molar refractivity (Wildman–Crippen MR) is 232 cm³/mol. The van der Waals surface area contributed by atoms with Gasteiger partial charge in [0.05, 0.1) is 22.1 Å². The molecule has 1 N–H and O–H groups in total. The lowest BCUT2D eigenvalue weighted by Crippen LogP contribution is -1.96. The van der Waals surface area contributed by atoms with Gasteiger partial charge in [0.1, 0.15) is 0 Å². The Morgan fingerprint density at radius 2 is 1.19 bits per heavy atom. The summed E-state index contributed by atoms with van der Waals surface area (Å²) in [6.45, 7) is 11.4. The second kappa shape index (κ2) is 14.6. The van der Waals surface area contributed by atoms with Gasteiger partial charge in [0, 0.05) is 49.9 Å². The molecule has 2 aromatic heterocycles. The van der Waals surface area contributed by atoms with E-state index in [2.05, 4.69) is 192 Å². The van der Waals surface area contributed by atoms with Crippen LogP contribution in [-0.4, -0.2) is 9.13 Å². The standard InChI is InChI=1S/C47H37N3.C3H6/c1-3-36(4-2)49-44-20-12-9-18-40(44)42-31-34(25-29-46(42)49)38-16-8-11-19-43(38)48-35-26-22-32(23-27-35)33-24-28-47-41(30-33)39-17-10-13-21-45(39)50(47)37-14-6-5-7-15-37;1-3-2/h3-4,6,8-31,48H,1,5,7H2,2H3;3H,1H2,2H3/b36-4+;. The van der Waals surface area contributed by atoms with Crippen molar-refractivity contribution in [2.75, 3.05) is 5.32 Å². The first-order valence-electron chi connectivity index (χ1n) is 18.4. The molecule has 0 bridgehead atoms. The predicted octanol–water partition coefficient (Wildman–Crippen LogP) is 14.4. The van der Waals surface area contributed by atoms with Crippen molar-refractivity contribution in [3.8, 4) is 22.3 Å². The minimum absolute atomic E-state index is 1.05. The summed E-state index contributed by atoms with van der Waals surface area (Å²) in [5.74, 6) is 0. The van der Waals surface area contributed by atoms with E-state index in [1.54, 1.807) is 6.08 Å². The minimum Gasteiger partial charge on any atom is -0.355 e. The Kier molecular flexibility index (Phi) is 9.23. The SMILES string of the molecule is C=C/C(=C\C)n1c2ccccc2c2cc(-c3ccccc3Nc3ccc(-c4ccc5c(c4)c4ccccc4n5C4=CCCC=C4)cc3)ccc21.C=CC. The van der Waals surface area contributed by atoms with Gasteiger partial charge in [-0.3, -0.25) is 0 Å². The zero-order valence-corrected chi connectivity index (χ0v) is 30.4. The maximum Gasteiger partial charge on any atom is 0.0541 e. The zero-order chi connectivity index (χ0) is 36.3. The van der Waals surface area contributed by atoms with E-state index in [-0.39, 0.29) is 0 Å². The lowest BCUT2D eigenvalue weighted by atomic mass is 10.0. The molecule has 1 aliphatic carbocycles. The Balaban J connectivity index is 0.00000129. The van der Waals surface area contributed by atoms with Gasteiger partial charge in [0.25, 0.3) is 0 Å². The monoisotopic (exact) mass is 685 g/mol. The highest BCUT2D eigenvalue weighted by Gasteiger charge is 2.16. The normalized spacial score (nSPS) is 12.9. The molecule has 3 heteroatoms. The van der Waals surface area contributed by atoms with Crippen molar-refractivity contribution in [1.29, 1.82) is 0 Å². The molecule has 1 aliphatic rings. The first kappa shape index (κ1) is 33.6. The second-order valence-corrected chi connectivity index (χ2v) is 13.4. The van der Waals surface area contributed by atoms with E-state index in [1.165, 1.54) is 66.0 Å². The summed E-state index contributed by atoms with van der Waals surface area (Å²) in [6, 6.07) is 48.4. The smallest absolute Gasteiger partial charge is 0.0541 e. The molecular weight excluding hydrogens is 643 g/mol. The van der Waals surface area contributed by atoms with Gasteiger partial charge in [-0.2, -0.15) is 0 Å². The third kappa shape index (κ3) is 6.11. The summed E-state index contributed by atoms with van der Waals surface area (Å²) in [4.78, 5) is 0. The number of aromatic nitrogens is 2. The molecule has 0 aliphatic heterocycles. The van der Waals surface area contributed by atoms with Crippen molar-refractivity contribution >= 4 is 66.4 Å². The van der Waals surface area contributed by atoms with Crippen LogP contribution < -0.4 is 5.32 Å². The van der Waals surface area contributed by atoms with Crippen molar-refractivity contribution in [2.45, 2.75) is 26.7 Å². The van der Waals surface area contributed by atoms with Gasteiger partial charge in [-0.15, -0.1) is 6.58 Å². The number of benzene rings is 6. The lowest BCUT2D eigenvalue weighted by Gasteiger charge is -2.14. The maximum atomic E-state index is 4.08. The third-order valence-electron chi connectivity index (χ3n) is 10.1. The highest BCUT2D eigenvalue weighted by molar-refractivity contribution is 6.13. The van der Waals surface area contributed by atoms with E-state index in [1.807, 2.05) is 13.0 Å². The summed E-state index contributed by atoms with van der Waals surface area (Å²) in [7, 11) is 0. The number of nitrogens with one attached hydrogen (secondary N) is 1. The molecule has 0 spiro atoms. The number of rotatable bonds is 7. The fourth-order valence-electron chi connectivity index (χ4n) is 7.70. The van der Waals surface area contributed by atoms with Crippen LogP contribution in [0.15, 0.2) is 183 Å². The Labute approximate surface area is 311 Å². The van der Waals surface area contributed by atoms with Gasteiger partial charge in [-0.05, 0) is 110 Å². The summed E-state index contributed by atoms with van der Waals surface area (Å²) in [5, 5.41) is 8.75. The molecule has 8 aromatic rings. The first-order chi connectivity index (χ1) is 26.1. The molecule has 0 saturated heterocycles. The molecule has 6 aromatic carbocycles. The molecule has 0 amide bonds. The molecule has 0 radical (unpaired) electrons. The highest BCUT2D eigenvalue weighted by Crippen LogP contribution is 2.39. The van der Waals surface area contributed by atoms with Gasteiger partial charge in [-0.25, -0.2) is 0 Å². The molecule has 0 saturated carbocycles. The number of nitrogens with zero attached hydrogens (tertiary/aromatic N) is 2. The molecule has 53 heavy (non-hydrogen) atoms.